The zero-order valence-electron chi connectivity index (χ0n) is 12.1. The van der Waals surface area contributed by atoms with E-state index in [0.717, 1.165) is 23.9 Å². The second-order valence-electron chi connectivity index (χ2n) is 5.52. The Balaban J connectivity index is 0.00000200. The predicted molar refractivity (Wildman–Crippen MR) is 86.7 cm³/mol. The molecule has 1 heterocycles. The average molecular weight is 318 g/mol. The third-order valence-electron chi connectivity index (χ3n) is 3.49. The van der Waals surface area contributed by atoms with Gasteiger partial charge in [0.05, 0.1) is 5.69 Å². The molecule has 0 fully saturated rings. The molecule has 2 atom stereocenters. The van der Waals surface area contributed by atoms with Gasteiger partial charge in [0.15, 0.2) is 5.13 Å². The minimum atomic E-state index is -0.108. The van der Waals surface area contributed by atoms with Crippen LogP contribution in [0.1, 0.15) is 50.1 Å². The number of rotatable bonds is 5. The van der Waals surface area contributed by atoms with Gasteiger partial charge in [-0.05, 0) is 32.1 Å². The van der Waals surface area contributed by atoms with Gasteiger partial charge in [-0.2, -0.15) is 0 Å². The molecule has 1 aliphatic carbocycles. The molecule has 0 aromatic carbocycles. The highest BCUT2D eigenvalue weighted by molar-refractivity contribution is 7.15. The van der Waals surface area contributed by atoms with E-state index in [4.69, 9.17) is 5.73 Å². The molecule has 20 heavy (non-hydrogen) atoms. The van der Waals surface area contributed by atoms with E-state index in [9.17, 15) is 4.79 Å². The van der Waals surface area contributed by atoms with Gasteiger partial charge >= 0.3 is 0 Å². The first kappa shape index (κ1) is 17.4. The normalized spacial score (nSPS) is 18.9. The van der Waals surface area contributed by atoms with Crippen LogP contribution in [0.2, 0.25) is 0 Å². The number of carbonyl (C=O) groups excluding carboxylic acids is 1. The van der Waals surface area contributed by atoms with Gasteiger partial charge in [0.25, 0.3) is 0 Å². The summed E-state index contributed by atoms with van der Waals surface area (Å²) in [5, 5.41) is 3.61. The highest BCUT2D eigenvalue weighted by atomic mass is 35.5. The maximum absolute atomic E-state index is 11.7. The van der Waals surface area contributed by atoms with Crippen LogP contribution in [-0.4, -0.2) is 16.9 Å². The number of nitrogens with one attached hydrogen (secondary N) is 1. The summed E-state index contributed by atoms with van der Waals surface area (Å²) in [6.07, 6.45) is 6.31. The molecule has 2 rings (SSSR count). The zero-order chi connectivity index (χ0) is 13.8. The fourth-order valence-electron chi connectivity index (χ4n) is 2.61. The third-order valence-corrected chi connectivity index (χ3v) is 4.53. The molecule has 0 saturated carbocycles. The lowest BCUT2D eigenvalue weighted by atomic mass is 9.88. The molecule has 0 radical (unpaired) electrons. The highest BCUT2D eigenvalue weighted by Crippen LogP contribution is 2.34. The van der Waals surface area contributed by atoms with Gasteiger partial charge in [0.1, 0.15) is 0 Å². The van der Waals surface area contributed by atoms with Gasteiger partial charge in [-0.25, -0.2) is 4.98 Å². The van der Waals surface area contributed by atoms with Crippen molar-refractivity contribution in [3.05, 3.63) is 10.6 Å². The van der Waals surface area contributed by atoms with Crippen LogP contribution >= 0.6 is 23.7 Å². The van der Waals surface area contributed by atoms with Crippen LogP contribution in [0.5, 0.6) is 0 Å². The van der Waals surface area contributed by atoms with Crippen molar-refractivity contribution < 1.29 is 4.79 Å². The van der Waals surface area contributed by atoms with Crippen molar-refractivity contribution in [2.75, 3.05) is 5.32 Å². The van der Waals surface area contributed by atoms with Crippen molar-refractivity contribution >= 4 is 34.8 Å². The molecule has 4 nitrogen and oxygen atoms in total. The van der Waals surface area contributed by atoms with E-state index in [2.05, 4.69) is 17.2 Å². The summed E-state index contributed by atoms with van der Waals surface area (Å²) in [5.41, 5.74) is 6.81. The summed E-state index contributed by atoms with van der Waals surface area (Å²) in [7, 11) is 0. The van der Waals surface area contributed by atoms with Crippen molar-refractivity contribution in [3.8, 4) is 0 Å². The highest BCUT2D eigenvalue weighted by Gasteiger charge is 2.22. The molecule has 6 heteroatoms. The van der Waals surface area contributed by atoms with E-state index < -0.39 is 0 Å². The molecule has 2 unspecified atom stereocenters. The maximum atomic E-state index is 11.7. The lowest BCUT2D eigenvalue weighted by molar-refractivity contribution is -0.116. The molecule has 114 valence electrons. The van der Waals surface area contributed by atoms with Crippen molar-refractivity contribution in [2.45, 2.75) is 58.4 Å². The van der Waals surface area contributed by atoms with E-state index in [1.54, 1.807) is 11.3 Å². The fraction of sp³-hybridized carbons (Fsp3) is 0.714. The van der Waals surface area contributed by atoms with Gasteiger partial charge in [-0.15, -0.1) is 23.7 Å². The Bertz CT molecular complexity index is 448. The Morgan fingerprint density at radius 3 is 3.00 bits per heavy atom. The molecule has 1 amide bonds. The second-order valence-corrected chi connectivity index (χ2v) is 6.60. The smallest absolute Gasteiger partial charge is 0.227 e. The number of aromatic nitrogens is 1. The van der Waals surface area contributed by atoms with Gasteiger partial charge in [-0.1, -0.05) is 19.8 Å². The standard InChI is InChI=1S/C14H23N3OS.ClH/c1-3-4-10-5-6-11-12(8-10)19-14(16-11)17-13(18)7-9(2)15;/h9-10H,3-8,15H2,1-2H3,(H,16,17,18);1H. The van der Waals surface area contributed by atoms with Crippen molar-refractivity contribution in [1.29, 1.82) is 0 Å². The van der Waals surface area contributed by atoms with Crippen molar-refractivity contribution in [1.82, 2.24) is 4.98 Å². The monoisotopic (exact) mass is 317 g/mol. The lowest BCUT2D eigenvalue weighted by Crippen LogP contribution is -2.23. The molecule has 1 aliphatic rings. The van der Waals surface area contributed by atoms with E-state index in [1.165, 1.54) is 29.8 Å². The molecule has 0 saturated heterocycles. The summed E-state index contributed by atoms with van der Waals surface area (Å²) < 4.78 is 0. The number of carbonyl (C=O) groups is 1. The van der Waals surface area contributed by atoms with E-state index in [0.29, 0.717) is 6.42 Å². The number of nitrogens with two attached hydrogens (primary N) is 1. The molecular weight excluding hydrogens is 294 g/mol. The van der Waals surface area contributed by atoms with Gasteiger partial charge in [0, 0.05) is 17.3 Å². The number of fused-ring (bicyclic) bond motifs is 1. The number of hydrogen-bond donors (Lipinski definition) is 2. The first-order chi connectivity index (χ1) is 9.08. The van der Waals surface area contributed by atoms with E-state index >= 15 is 0 Å². The fourth-order valence-corrected chi connectivity index (χ4v) is 3.75. The number of thiazole rings is 1. The molecule has 1 aromatic heterocycles. The molecule has 1 aromatic rings. The Hall–Kier alpha value is -0.650. The minimum absolute atomic E-state index is 0. The van der Waals surface area contributed by atoms with Gasteiger partial charge in [0.2, 0.25) is 5.91 Å². The van der Waals surface area contributed by atoms with Crippen LogP contribution in [-0.2, 0) is 17.6 Å². The second kappa shape index (κ2) is 7.96. The van der Waals surface area contributed by atoms with Crippen LogP contribution < -0.4 is 11.1 Å². The van der Waals surface area contributed by atoms with Crippen LogP contribution in [0, 0.1) is 5.92 Å². The van der Waals surface area contributed by atoms with Crippen LogP contribution in [0.3, 0.4) is 0 Å². The first-order valence-electron chi connectivity index (χ1n) is 7.12. The quantitative estimate of drug-likeness (QED) is 0.876. The molecule has 0 aliphatic heterocycles. The summed E-state index contributed by atoms with van der Waals surface area (Å²) in [6.45, 7) is 4.07. The topological polar surface area (TPSA) is 68.0 Å². The maximum Gasteiger partial charge on any atom is 0.227 e. The van der Waals surface area contributed by atoms with Crippen molar-refractivity contribution in [3.63, 3.8) is 0 Å². The van der Waals surface area contributed by atoms with E-state index in [1.807, 2.05) is 6.92 Å². The third kappa shape index (κ3) is 4.72. The van der Waals surface area contributed by atoms with Crippen LogP contribution in [0.25, 0.3) is 0 Å². The number of anilines is 1. The summed E-state index contributed by atoms with van der Waals surface area (Å²) >= 11 is 1.64. The number of halogens is 1. The van der Waals surface area contributed by atoms with Crippen LogP contribution in [0.15, 0.2) is 0 Å². The zero-order valence-corrected chi connectivity index (χ0v) is 13.8. The Morgan fingerprint density at radius 2 is 2.35 bits per heavy atom. The van der Waals surface area contributed by atoms with E-state index in [-0.39, 0.29) is 24.4 Å². The number of amides is 1. The Labute approximate surface area is 131 Å². The Kier molecular flexibility index (Phi) is 6.92. The number of aryl methyl sites for hydroxylation is 1. The van der Waals surface area contributed by atoms with Crippen molar-refractivity contribution in [2.24, 2.45) is 11.7 Å². The molecular formula is C14H24ClN3OS. The Morgan fingerprint density at radius 1 is 1.60 bits per heavy atom. The van der Waals surface area contributed by atoms with Gasteiger partial charge < -0.3 is 11.1 Å². The molecule has 0 spiro atoms. The minimum Gasteiger partial charge on any atom is -0.327 e. The van der Waals surface area contributed by atoms with Gasteiger partial charge in [-0.3, -0.25) is 4.79 Å². The van der Waals surface area contributed by atoms with Crippen LogP contribution in [0.4, 0.5) is 5.13 Å². The first-order valence-corrected chi connectivity index (χ1v) is 7.94. The summed E-state index contributed by atoms with van der Waals surface area (Å²) in [4.78, 5) is 17.6. The summed E-state index contributed by atoms with van der Waals surface area (Å²) in [6, 6.07) is -0.108. The summed E-state index contributed by atoms with van der Waals surface area (Å²) in [5.74, 6) is 0.761. The molecule has 0 bridgehead atoms. The largest absolute Gasteiger partial charge is 0.327 e. The SMILES string of the molecule is CCCC1CCc2nc(NC(=O)CC(C)N)sc2C1.Cl. The molecule has 3 N–H and O–H groups in total. The average Bonchev–Trinajstić information content (AvgIpc) is 2.69. The lowest BCUT2D eigenvalue weighted by Gasteiger charge is -2.19. The number of nitrogens with zero attached hydrogens (tertiary/aromatic N) is 1. The number of hydrogen-bond acceptors (Lipinski definition) is 4. The predicted octanol–water partition coefficient (Wildman–Crippen LogP) is 3.15.